The highest BCUT2D eigenvalue weighted by Gasteiger charge is 2.37. The van der Waals surface area contributed by atoms with E-state index in [1.807, 2.05) is 23.7 Å². The Morgan fingerprint density at radius 3 is 2.38 bits per heavy atom. The minimum Gasteiger partial charge on any atom is -0.459 e. The zero-order valence-electron chi connectivity index (χ0n) is 19.4. The molecular weight excluding hydrogens is 406 g/mol. The van der Waals surface area contributed by atoms with Crippen LogP contribution in [0.2, 0.25) is 0 Å². The quantitative estimate of drug-likeness (QED) is 0.645. The Kier molecular flexibility index (Phi) is 6.01. The Hall–Kier alpha value is -3.20. The predicted octanol–water partition coefficient (Wildman–Crippen LogP) is 1.22. The van der Waals surface area contributed by atoms with Crippen LogP contribution in [0.1, 0.15) is 48.8 Å². The molecule has 9 nitrogen and oxygen atoms in total. The lowest BCUT2D eigenvalue weighted by molar-refractivity contribution is -0.930. The van der Waals surface area contributed by atoms with Gasteiger partial charge in [-0.05, 0) is 55.5 Å². The third-order valence-corrected chi connectivity index (χ3v) is 5.96. The largest absolute Gasteiger partial charge is 0.459 e. The first-order valence-electron chi connectivity index (χ1n) is 11.0. The molecule has 0 saturated carbocycles. The number of aromatic nitrogens is 4. The summed E-state index contributed by atoms with van der Waals surface area (Å²) < 4.78 is 7.22. The van der Waals surface area contributed by atoms with E-state index in [1.165, 1.54) is 11.2 Å². The van der Waals surface area contributed by atoms with E-state index in [0.29, 0.717) is 18.8 Å². The molecule has 1 amide bonds. The van der Waals surface area contributed by atoms with Gasteiger partial charge in [0, 0.05) is 25.3 Å². The summed E-state index contributed by atoms with van der Waals surface area (Å²) in [7, 11) is 4.07. The normalized spacial score (nSPS) is 16.2. The number of hydrogen-bond acceptors (Lipinski definition) is 6. The molecule has 1 fully saturated rings. The van der Waals surface area contributed by atoms with Gasteiger partial charge in [0.25, 0.3) is 5.91 Å². The van der Waals surface area contributed by atoms with Gasteiger partial charge in [-0.3, -0.25) is 4.79 Å². The van der Waals surface area contributed by atoms with E-state index in [-0.39, 0.29) is 17.5 Å². The standard InChI is InChI=1S/C23H31N7O2/c1-23(2,3)30-21(24-25-26-30)20(17-8-10-18(11-9-17)27(4)5)28-12-14-29(15-13-28)22(31)19-7-6-16-32-19/h6-11,16,20H,12-15H2,1-5H3/p+1/t20-/m0/s1. The number of carbonyl (C=O) groups is 1. The Morgan fingerprint density at radius 1 is 1.12 bits per heavy atom. The highest BCUT2D eigenvalue weighted by Crippen LogP contribution is 2.24. The fourth-order valence-electron chi connectivity index (χ4n) is 4.23. The molecule has 4 rings (SSSR count). The van der Waals surface area contributed by atoms with Crippen molar-refractivity contribution < 1.29 is 14.1 Å². The highest BCUT2D eigenvalue weighted by molar-refractivity contribution is 5.91. The first-order chi connectivity index (χ1) is 15.3. The van der Waals surface area contributed by atoms with Crippen molar-refractivity contribution in [3.05, 3.63) is 59.8 Å². The Labute approximate surface area is 188 Å². The molecule has 1 aliphatic rings. The fourth-order valence-corrected chi connectivity index (χ4v) is 4.23. The van der Waals surface area contributed by atoms with Crippen molar-refractivity contribution in [3.8, 4) is 0 Å². The minimum absolute atomic E-state index is 0.0266. The second kappa shape index (κ2) is 8.74. The maximum absolute atomic E-state index is 12.7. The minimum atomic E-state index is -0.239. The molecule has 1 N–H and O–H groups in total. The number of piperazine rings is 1. The summed E-state index contributed by atoms with van der Waals surface area (Å²) in [5, 5.41) is 12.8. The summed E-state index contributed by atoms with van der Waals surface area (Å²) in [5.41, 5.74) is 2.07. The third-order valence-electron chi connectivity index (χ3n) is 5.96. The number of rotatable bonds is 5. The van der Waals surface area contributed by atoms with Gasteiger partial charge in [0.15, 0.2) is 11.8 Å². The molecule has 0 spiro atoms. The zero-order chi connectivity index (χ0) is 22.9. The van der Waals surface area contributed by atoms with E-state index in [2.05, 4.69) is 65.5 Å². The zero-order valence-corrected chi connectivity index (χ0v) is 19.4. The van der Waals surface area contributed by atoms with Crippen molar-refractivity contribution in [2.45, 2.75) is 32.4 Å². The van der Waals surface area contributed by atoms with Crippen LogP contribution >= 0.6 is 0 Å². The van der Waals surface area contributed by atoms with Crippen LogP contribution < -0.4 is 9.80 Å². The van der Waals surface area contributed by atoms with Crippen molar-refractivity contribution in [2.24, 2.45) is 0 Å². The topological polar surface area (TPSA) is 84.7 Å². The maximum Gasteiger partial charge on any atom is 0.289 e. The van der Waals surface area contributed by atoms with Gasteiger partial charge >= 0.3 is 0 Å². The van der Waals surface area contributed by atoms with Gasteiger partial charge in [-0.25, -0.2) is 4.68 Å². The molecule has 0 radical (unpaired) electrons. The first kappa shape index (κ1) is 22.0. The summed E-state index contributed by atoms with van der Waals surface area (Å²) in [6, 6.07) is 12.0. The average molecular weight is 439 g/mol. The summed E-state index contributed by atoms with van der Waals surface area (Å²) in [6.07, 6.45) is 1.54. The summed E-state index contributed by atoms with van der Waals surface area (Å²) in [6.45, 7) is 9.21. The molecule has 1 aromatic carbocycles. The summed E-state index contributed by atoms with van der Waals surface area (Å²) in [4.78, 5) is 18.0. The van der Waals surface area contributed by atoms with Crippen LogP contribution in [0.15, 0.2) is 47.1 Å². The number of furan rings is 1. The van der Waals surface area contributed by atoms with E-state index in [4.69, 9.17) is 4.42 Å². The SMILES string of the molecule is CN(C)c1ccc([C@@H](c2nnnn2C(C)(C)C)[NH+]2CCN(C(=O)c3ccco3)CC2)cc1. The first-order valence-corrected chi connectivity index (χ1v) is 11.0. The van der Waals surface area contributed by atoms with Crippen LogP contribution in [0.3, 0.4) is 0 Å². The van der Waals surface area contributed by atoms with Gasteiger partial charge in [-0.2, -0.15) is 0 Å². The molecule has 3 heterocycles. The van der Waals surface area contributed by atoms with Gasteiger partial charge in [-0.15, -0.1) is 5.10 Å². The van der Waals surface area contributed by atoms with Gasteiger partial charge in [0.05, 0.1) is 38.0 Å². The number of benzene rings is 1. The molecule has 32 heavy (non-hydrogen) atoms. The number of amides is 1. The van der Waals surface area contributed by atoms with Gasteiger partial charge < -0.3 is 19.1 Å². The summed E-state index contributed by atoms with van der Waals surface area (Å²) >= 11 is 0. The monoisotopic (exact) mass is 438 g/mol. The van der Waals surface area contributed by atoms with E-state index in [1.54, 1.807) is 12.1 Å². The molecule has 0 bridgehead atoms. The lowest BCUT2D eigenvalue weighted by Gasteiger charge is -2.36. The molecular formula is C23H32N7O2+. The molecule has 1 atom stereocenters. The van der Waals surface area contributed by atoms with Gasteiger partial charge in [0.1, 0.15) is 0 Å². The third kappa shape index (κ3) is 4.38. The molecule has 0 unspecified atom stereocenters. The molecule has 170 valence electrons. The number of anilines is 1. The van der Waals surface area contributed by atoms with Crippen LogP contribution in [0, 0.1) is 0 Å². The fraction of sp³-hybridized carbons (Fsp3) is 0.478. The molecule has 1 aliphatic heterocycles. The number of carbonyl (C=O) groups excluding carboxylic acids is 1. The van der Waals surface area contributed by atoms with Gasteiger partial charge in [0.2, 0.25) is 5.82 Å². The number of quaternary nitrogens is 1. The number of nitrogens with one attached hydrogen (secondary N) is 1. The number of hydrogen-bond donors (Lipinski definition) is 1. The summed E-state index contributed by atoms with van der Waals surface area (Å²) in [5.74, 6) is 1.18. The van der Waals surface area contributed by atoms with Crippen LogP contribution in [0.5, 0.6) is 0 Å². The number of nitrogens with zero attached hydrogens (tertiary/aromatic N) is 6. The number of tetrazole rings is 1. The van der Waals surface area contributed by atoms with E-state index < -0.39 is 0 Å². The lowest BCUT2D eigenvalue weighted by atomic mass is 10.0. The van der Waals surface area contributed by atoms with Crippen LogP contribution in [0.4, 0.5) is 5.69 Å². The van der Waals surface area contributed by atoms with E-state index in [9.17, 15) is 4.79 Å². The van der Waals surface area contributed by atoms with Crippen molar-refractivity contribution in [2.75, 3.05) is 45.2 Å². The van der Waals surface area contributed by atoms with E-state index >= 15 is 0 Å². The van der Waals surface area contributed by atoms with Crippen molar-refractivity contribution in [3.63, 3.8) is 0 Å². The molecule has 3 aromatic rings. The van der Waals surface area contributed by atoms with Crippen LogP contribution in [0.25, 0.3) is 0 Å². The molecule has 0 aliphatic carbocycles. The second-order valence-corrected chi connectivity index (χ2v) is 9.47. The lowest BCUT2D eigenvalue weighted by Crippen LogP contribution is -3.15. The second-order valence-electron chi connectivity index (χ2n) is 9.47. The maximum atomic E-state index is 12.7. The average Bonchev–Trinajstić information content (AvgIpc) is 3.47. The van der Waals surface area contributed by atoms with Crippen molar-refractivity contribution in [1.82, 2.24) is 25.1 Å². The van der Waals surface area contributed by atoms with Crippen LogP contribution in [-0.4, -0.2) is 71.3 Å². The Morgan fingerprint density at radius 2 is 1.81 bits per heavy atom. The molecule has 9 heteroatoms. The van der Waals surface area contributed by atoms with E-state index in [0.717, 1.165) is 30.2 Å². The molecule has 2 aromatic heterocycles. The Bertz CT molecular complexity index is 1030. The highest BCUT2D eigenvalue weighted by atomic mass is 16.3. The van der Waals surface area contributed by atoms with Gasteiger partial charge in [-0.1, -0.05) is 12.1 Å². The predicted molar refractivity (Wildman–Crippen MR) is 121 cm³/mol. The molecule has 1 saturated heterocycles. The van der Waals surface area contributed by atoms with Crippen LogP contribution in [-0.2, 0) is 5.54 Å². The van der Waals surface area contributed by atoms with Crippen molar-refractivity contribution in [1.29, 1.82) is 0 Å². The van der Waals surface area contributed by atoms with Crippen molar-refractivity contribution >= 4 is 11.6 Å². The smallest absolute Gasteiger partial charge is 0.289 e. The Balaban J connectivity index is 1.62.